The standard InChI is InChI=1S/C15H10ClF3N4.C11H16N2O/c1-7-11(5-12(18)19)23-15-14(22-7)13(20-6-21-15)9-3-2-8(16)4-10(9)17;1-2-6-14-11(3-1)9-7-12-13(8-9)10-4-5-10/h2-4,6,12H,5H2,1H3;7-8,10-11H,1-6H2. The zero-order valence-electron chi connectivity index (χ0n) is 20.2. The molecule has 1 unspecified atom stereocenters. The van der Waals surface area contributed by atoms with Crippen LogP contribution in [0.1, 0.15) is 61.2 Å². The number of halogens is 4. The van der Waals surface area contributed by atoms with Crippen LogP contribution >= 0.6 is 11.6 Å². The molecule has 1 saturated heterocycles. The lowest BCUT2D eigenvalue weighted by atomic mass is 10.0. The normalized spacial score (nSPS) is 17.6. The van der Waals surface area contributed by atoms with Gasteiger partial charge in [-0.15, -0.1) is 0 Å². The number of aromatic nitrogens is 6. The van der Waals surface area contributed by atoms with Gasteiger partial charge >= 0.3 is 0 Å². The molecule has 3 aromatic heterocycles. The third-order valence-corrected chi connectivity index (χ3v) is 6.60. The fraction of sp³-hybridized carbons (Fsp3) is 0.423. The van der Waals surface area contributed by atoms with E-state index in [4.69, 9.17) is 16.3 Å². The molecule has 0 radical (unpaired) electrons. The summed E-state index contributed by atoms with van der Waals surface area (Å²) in [7, 11) is 0. The number of hydrogen-bond acceptors (Lipinski definition) is 6. The molecule has 0 bridgehead atoms. The summed E-state index contributed by atoms with van der Waals surface area (Å²) < 4.78 is 47.1. The first-order valence-electron chi connectivity index (χ1n) is 12.3. The average Bonchev–Trinajstić information content (AvgIpc) is 3.61. The first-order chi connectivity index (χ1) is 17.9. The van der Waals surface area contributed by atoms with Gasteiger partial charge in [0.05, 0.1) is 36.2 Å². The van der Waals surface area contributed by atoms with Crippen molar-refractivity contribution in [2.24, 2.45) is 0 Å². The maximum atomic E-state index is 14.1. The van der Waals surface area contributed by atoms with Gasteiger partial charge in [-0.3, -0.25) is 4.68 Å². The Hall–Kier alpha value is -3.11. The quantitative estimate of drug-likeness (QED) is 0.295. The number of alkyl halides is 2. The molecule has 194 valence electrons. The van der Waals surface area contributed by atoms with E-state index in [0.717, 1.165) is 19.1 Å². The molecule has 4 heterocycles. The molecule has 1 aliphatic heterocycles. The Morgan fingerprint density at radius 1 is 1.14 bits per heavy atom. The predicted molar refractivity (Wildman–Crippen MR) is 133 cm³/mol. The monoisotopic (exact) mass is 530 g/mol. The number of hydrogen-bond donors (Lipinski definition) is 0. The van der Waals surface area contributed by atoms with E-state index in [1.807, 2.05) is 6.20 Å². The van der Waals surface area contributed by atoms with E-state index in [1.54, 1.807) is 6.92 Å². The number of ether oxygens (including phenoxy) is 1. The van der Waals surface area contributed by atoms with Crippen molar-refractivity contribution >= 4 is 22.8 Å². The second kappa shape index (κ2) is 11.1. The molecule has 1 aliphatic carbocycles. The summed E-state index contributed by atoms with van der Waals surface area (Å²) in [5.41, 5.74) is 2.60. The molecule has 0 spiro atoms. The van der Waals surface area contributed by atoms with Gasteiger partial charge in [-0.2, -0.15) is 5.10 Å². The molecule has 1 aromatic carbocycles. The number of benzene rings is 1. The van der Waals surface area contributed by atoms with Crippen LogP contribution < -0.4 is 0 Å². The number of nitrogens with zero attached hydrogens (tertiary/aromatic N) is 6. The van der Waals surface area contributed by atoms with Gasteiger partial charge in [0.25, 0.3) is 0 Å². The smallest absolute Gasteiger partial charge is 0.244 e. The van der Waals surface area contributed by atoms with E-state index < -0.39 is 18.7 Å². The molecule has 2 fully saturated rings. The lowest BCUT2D eigenvalue weighted by Gasteiger charge is -2.21. The molecular weight excluding hydrogens is 505 g/mol. The van der Waals surface area contributed by atoms with Crippen molar-refractivity contribution in [3.05, 3.63) is 64.7 Å². The third-order valence-electron chi connectivity index (χ3n) is 6.37. The van der Waals surface area contributed by atoms with Gasteiger partial charge in [-0.1, -0.05) is 11.6 Å². The summed E-state index contributed by atoms with van der Waals surface area (Å²) >= 11 is 5.75. The van der Waals surface area contributed by atoms with Crippen molar-refractivity contribution in [2.45, 2.75) is 64.0 Å². The molecule has 4 aromatic rings. The fourth-order valence-corrected chi connectivity index (χ4v) is 4.43. The lowest BCUT2D eigenvalue weighted by molar-refractivity contribution is 0.0149. The summed E-state index contributed by atoms with van der Waals surface area (Å²) in [4.78, 5) is 16.4. The van der Waals surface area contributed by atoms with E-state index in [1.165, 1.54) is 49.7 Å². The third kappa shape index (κ3) is 6.07. The van der Waals surface area contributed by atoms with Crippen LogP contribution in [0.3, 0.4) is 0 Å². The van der Waals surface area contributed by atoms with Crippen molar-refractivity contribution in [3.63, 3.8) is 0 Å². The van der Waals surface area contributed by atoms with Gasteiger partial charge < -0.3 is 4.74 Å². The Bertz CT molecular complexity index is 1390. The van der Waals surface area contributed by atoms with Gasteiger partial charge in [0, 0.05) is 29.0 Å². The number of rotatable bonds is 5. The highest BCUT2D eigenvalue weighted by molar-refractivity contribution is 6.30. The molecule has 7 nitrogen and oxygen atoms in total. The molecule has 1 atom stereocenters. The van der Waals surface area contributed by atoms with E-state index in [-0.39, 0.29) is 33.1 Å². The second-order valence-electron chi connectivity index (χ2n) is 9.21. The van der Waals surface area contributed by atoms with Crippen molar-refractivity contribution in [1.82, 2.24) is 29.7 Å². The van der Waals surface area contributed by atoms with Gasteiger partial charge in [-0.25, -0.2) is 33.1 Å². The first-order valence-corrected chi connectivity index (χ1v) is 12.6. The maximum Gasteiger partial charge on any atom is 0.244 e. The van der Waals surface area contributed by atoms with Crippen LogP contribution in [0.2, 0.25) is 5.02 Å². The summed E-state index contributed by atoms with van der Waals surface area (Å²) in [6.07, 6.45) is 8.89. The van der Waals surface area contributed by atoms with Crippen molar-refractivity contribution in [1.29, 1.82) is 0 Å². The molecule has 6 rings (SSSR count). The Morgan fingerprint density at radius 3 is 2.68 bits per heavy atom. The van der Waals surface area contributed by atoms with Crippen LogP contribution in [0.25, 0.3) is 22.4 Å². The van der Waals surface area contributed by atoms with Crippen molar-refractivity contribution in [2.75, 3.05) is 6.61 Å². The zero-order valence-corrected chi connectivity index (χ0v) is 21.0. The van der Waals surface area contributed by atoms with Gasteiger partial charge in [-0.05, 0) is 57.2 Å². The van der Waals surface area contributed by atoms with E-state index in [0.29, 0.717) is 17.8 Å². The minimum Gasteiger partial charge on any atom is -0.373 e. The number of fused-ring (bicyclic) bond motifs is 1. The molecule has 2 aliphatic rings. The van der Waals surface area contributed by atoms with E-state index >= 15 is 0 Å². The minimum atomic E-state index is -2.53. The first kappa shape index (κ1) is 25.5. The van der Waals surface area contributed by atoms with Crippen LogP contribution in [0.5, 0.6) is 0 Å². The highest BCUT2D eigenvalue weighted by Crippen LogP contribution is 2.36. The van der Waals surface area contributed by atoms with Crippen LogP contribution in [-0.4, -0.2) is 42.7 Å². The molecule has 0 N–H and O–H groups in total. The summed E-state index contributed by atoms with van der Waals surface area (Å²) in [5.74, 6) is -0.561. The van der Waals surface area contributed by atoms with E-state index in [2.05, 4.69) is 35.9 Å². The Morgan fingerprint density at radius 2 is 1.97 bits per heavy atom. The molecular formula is C26H26ClF3N6O. The summed E-state index contributed by atoms with van der Waals surface area (Å²) in [5, 5.41) is 4.65. The SMILES string of the molecule is Cc1nc2c(-c3ccc(Cl)cc3F)ncnc2nc1CC(F)F.c1nn(C2CC2)cc1C1CCCCO1. The predicted octanol–water partition coefficient (Wildman–Crippen LogP) is 6.45. The Labute approximate surface area is 217 Å². The molecule has 1 saturated carbocycles. The van der Waals surface area contributed by atoms with Crippen molar-refractivity contribution in [3.8, 4) is 11.3 Å². The highest BCUT2D eigenvalue weighted by Gasteiger charge is 2.26. The van der Waals surface area contributed by atoms with Crippen LogP contribution in [-0.2, 0) is 11.2 Å². The second-order valence-corrected chi connectivity index (χ2v) is 9.65. The van der Waals surface area contributed by atoms with Crippen LogP contribution in [0, 0.1) is 12.7 Å². The largest absolute Gasteiger partial charge is 0.373 e. The van der Waals surface area contributed by atoms with Gasteiger partial charge in [0.15, 0.2) is 5.65 Å². The van der Waals surface area contributed by atoms with Gasteiger partial charge in [0.2, 0.25) is 6.43 Å². The van der Waals surface area contributed by atoms with Gasteiger partial charge in [0.1, 0.15) is 23.4 Å². The van der Waals surface area contributed by atoms with E-state index in [9.17, 15) is 13.2 Å². The van der Waals surface area contributed by atoms with Crippen LogP contribution in [0.15, 0.2) is 36.9 Å². The molecule has 37 heavy (non-hydrogen) atoms. The number of aryl methyl sites for hydroxylation is 1. The maximum absolute atomic E-state index is 14.1. The average molecular weight is 531 g/mol. The lowest BCUT2D eigenvalue weighted by Crippen LogP contribution is -2.10. The summed E-state index contributed by atoms with van der Waals surface area (Å²) in [6, 6.07) is 4.85. The minimum absolute atomic E-state index is 0.144. The zero-order chi connectivity index (χ0) is 25.9. The molecule has 11 heteroatoms. The Kier molecular flexibility index (Phi) is 7.66. The molecule has 0 amide bonds. The Balaban J connectivity index is 0.000000170. The van der Waals surface area contributed by atoms with Crippen LogP contribution in [0.4, 0.5) is 13.2 Å². The fourth-order valence-electron chi connectivity index (χ4n) is 4.27. The topological polar surface area (TPSA) is 78.6 Å². The highest BCUT2D eigenvalue weighted by atomic mass is 35.5. The van der Waals surface area contributed by atoms with Crippen molar-refractivity contribution < 1.29 is 17.9 Å². The summed E-state index contributed by atoms with van der Waals surface area (Å²) in [6.45, 7) is 2.48.